The van der Waals surface area contributed by atoms with Crippen LogP contribution < -0.4 is 24.8 Å². The Bertz CT molecular complexity index is 381. The van der Waals surface area contributed by atoms with Crippen molar-refractivity contribution in [2.24, 2.45) is 5.92 Å². The molecule has 21 heavy (non-hydrogen) atoms. The molecule has 0 saturated heterocycles. The van der Waals surface area contributed by atoms with E-state index in [9.17, 15) is 0 Å². The molecule has 0 heterocycles. The molecule has 1 radical (unpaired) electrons. The monoisotopic (exact) mass is 365 g/mol. The summed E-state index contributed by atoms with van der Waals surface area (Å²) in [6, 6.07) is 0. The van der Waals surface area contributed by atoms with Gasteiger partial charge in [-0.25, -0.2) is 12.0 Å². The Kier molecular flexibility index (Phi) is 12.0. The number of allylic oxidation sites excluding steroid dienone is 4. The van der Waals surface area contributed by atoms with Gasteiger partial charge in [0, 0.05) is 6.92 Å². The Labute approximate surface area is 155 Å². The molecule has 0 aromatic rings. The molecule has 1 unspecified atom stereocenters. The Morgan fingerprint density at radius 1 is 1.10 bits per heavy atom. The third-order valence-corrected chi connectivity index (χ3v) is 4.21. The average molecular weight is 366 g/mol. The fourth-order valence-corrected chi connectivity index (χ4v) is 3.51. The van der Waals surface area contributed by atoms with Gasteiger partial charge in [-0.3, -0.25) is 4.79 Å². The number of carboxylic acid groups (broad SMARTS) is 1. The van der Waals surface area contributed by atoms with Crippen LogP contribution in [0.15, 0.2) is 22.3 Å². The second-order valence-corrected chi connectivity index (χ2v) is 5.48. The molecule has 1 atom stereocenters. The molecular formula is C16H23Cl2O2Ti. The first-order valence-electron chi connectivity index (χ1n) is 7.09. The zero-order valence-corrected chi connectivity index (χ0v) is 15.8. The number of hydrogen-bond donors (Lipinski definition) is 1. The third kappa shape index (κ3) is 5.67. The zero-order valence-electron chi connectivity index (χ0n) is 12.7. The van der Waals surface area contributed by atoms with Gasteiger partial charge in [-0.15, -0.1) is 12.0 Å². The van der Waals surface area contributed by atoms with E-state index in [-0.39, 0.29) is 46.5 Å². The molecule has 0 aromatic carbocycles. The maximum absolute atomic E-state index is 9.00. The van der Waals surface area contributed by atoms with E-state index in [1.54, 1.807) is 22.3 Å². The Morgan fingerprint density at radius 3 is 2.24 bits per heavy atom. The fourth-order valence-electron chi connectivity index (χ4n) is 3.51. The van der Waals surface area contributed by atoms with Crippen LogP contribution in [0.1, 0.15) is 58.8 Å². The second kappa shape index (κ2) is 10.8. The molecule has 0 amide bonds. The Morgan fingerprint density at radius 2 is 1.62 bits per heavy atom. The number of fused-ring (bicyclic) bond motifs is 1. The Balaban J connectivity index is 0. The molecule has 3 aliphatic rings. The van der Waals surface area contributed by atoms with Crippen molar-refractivity contribution < 1.29 is 56.4 Å². The van der Waals surface area contributed by atoms with E-state index >= 15 is 0 Å². The normalized spacial score (nSPS) is 22.1. The van der Waals surface area contributed by atoms with E-state index in [2.05, 4.69) is 13.3 Å². The van der Waals surface area contributed by atoms with Crippen molar-refractivity contribution in [1.29, 1.82) is 0 Å². The molecular weight excluding hydrogens is 343 g/mol. The molecule has 0 bridgehead atoms. The fraction of sp³-hybridized carbons (Fsp3) is 0.625. The molecule has 5 heteroatoms. The third-order valence-electron chi connectivity index (χ3n) is 4.21. The first-order valence-corrected chi connectivity index (χ1v) is 7.09. The molecule has 0 aromatic heterocycles. The van der Waals surface area contributed by atoms with Crippen LogP contribution in [-0.2, 0) is 26.5 Å². The summed E-state index contributed by atoms with van der Waals surface area (Å²) in [4.78, 5) is 9.00. The minimum atomic E-state index is -0.833. The van der Waals surface area contributed by atoms with Crippen molar-refractivity contribution in [3.05, 3.63) is 28.7 Å². The summed E-state index contributed by atoms with van der Waals surface area (Å²) in [5.74, 6) is -0.0550. The number of rotatable bonds is 0. The smallest absolute Gasteiger partial charge is 1.00 e. The largest absolute Gasteiger partial charge is 3.00 e. The molecule has 3 rings (SSSR count). The summed E-state index contributed by atoms with van der Waals surface area (Å²) in [7, 11) is 0. The summed E-state index contributed by atoms with van der Waals surface area (Å²) < 4.78 is 0. The van der Waals surface area contributed by atoms with E-state index in [0.717, 1.165) is 12.8 Å². The van der Waals surface area contributed by atoms with Gasteiger partial charge in [-0.2, -0.15) is 5.57 Å². The zero-order chi connectivity index (χ0) is 13.1. The molecule has 3 aliphatic carbocycles. The van der Waals surface area contributed by atoms with Crippen molar-refractivity contribution in [2.75, 3.05) is 0 Å². The first-order chi connectivity index (χ1) is 8.61. The number of hydrogen-bond acceptors (Lipinski definition) is 1. The van der Waals surface area contributed by atoms with Crippen LogP contribution in [-0.4, -0.2) is 11.1 Å². The topological polar surface area (TPSA) is 37.3 Å². The number of carboxylic acids is 1. The van der Waals surface area contributed by atoms with Gasteiger partial charge in [0.15, 0.2) is 0 Å². The summed E-state index contributed by atoms with van der Waals surface area (Å²) in [5.41, 5.74) is 7.07. The standard InChI is InChI=1S/C14H19.C2H4O2.2ClH.Ti/c1-10-11-6-2-4-8-13(11)14-9-5-3-7-12(10)14;1-2(3)4;;;/h6,10H,2-5,7-9H2,1H3;1H3,(H,3,4);2*1H;/q-1;;;;+3/p-2. The van der Waals surface area contributed by atoms with Gasteiger partial charge in [-0.1, -0.05) is 31.8 Å². The van der Waals surface area contributed by atoms with Crippen molar-refractivity contribution in [1.82, 2.24) is 0 Å². The number of carbonyl (C=O) groups is 1. The Hall–Kier alpha value is 0.114. The van der Waals surface area contributed by atoms with Gasteiger partial charge in [-0.05, 0) is 25.2 Å². The van der Waals surface area contributed by atoms with E-state index in [1.807, 2.05) is 0 Å². The van der Waals surface area contributed by atoms with Gasteiger partial charge < -0.3 is 29.9 Å². The summed E-state index contributed by atoms with van der Waals surface area (Å²) in [6.07, 6.45) is 12.2. The van der Waals surface area contributed by atoms with Crippen LogP contribution in [0.2, 0.25) is 0 Å². The van der Waals surface area contributed by atoms with Crippen LogP contribution in [0, 0.1) is 12.3 Å². The minimum Gasteiger partial charge on any atom is -1.00 e. The maximum atomic E-state index is 9.00. The molecule has 0 spiro atoms. The van der Waals surface area contributed by atoms with Crippen LogP contribution in [0.4, 0.5) is 0 Å². The predicted octanol–water partition coefficient (Wildman–Crippen LogP) is -1.71. The van der Waals surface area contributed by atoms with Crippen LogP contribution in [0.25, 0.3) is 0 Å². The summed E-state index contributed by atoms with van der Waals surface area (Å²) in [5, 5.41) is 7.42. The van der Waals surface area contributed by atoms with Crippen LogP contribution >= 0.6 is 0 Å². The van der Waals surface area contributed by atoms with Gasteiger partial charge in [0.1, 0.15) is 0 Å². The maximum Gasteiger partial charge on any atom is 3.00 e. The molecule has 1 N–H and O–H groups in total. The molecule has 117 valence electrons. The van der Waals surface area contributed by atoms with Crippen molar-refractivity contribution >= 4 is 5.97 Å². The minimum absolute atomic E-state index is 0. The average Bonchev–Trinajstić information content (AvgIpc) is 2.64. The van der Waals surface area contributed by atoms with Crippen molar-refractivity contribution in [2.45, 2.75) is 58.8 Å². The SMILES string of the molecule is CC(=O)O.CC1C2=C(CCC[CH-]2)C2=C1CCCC2.[Cl-].[Cl-].[Ti+3]. The second-order valence-electron chi connectivity index (χ2n) is 5.48. The predicted molar refractivity (Wildman–Crippen MR) is 73.1 cm³/mol. The quantitative estimate of drug-likeness (QED) is 0.410. The van der Waals surface area contributed by atoms with E-state index in [1.165, 1.54) is 44.9 Å². The van der Waals surface area contributed by atoms with Crippen LogP contribution in [0.3, 0.4) is 0 Å². The van der Waals surface area contributed by atoms with E-state index < -0.39 is 5.97 Å². The molecule has 0 fully saturated rings. The molecule has 0 aliphatic heterocycles. The summed E-state index contributed by atoms with van der Waals surface area (Å²) >= 11 is 0. The van der Waals surface area contributed by atoms with Gasteiger partial charge >= 0.3 is 21.7 Å². The van der Waals surface area contributed by atoms with Crippen molar-refractivity contribution in [3.8, 4) is 0 Å². The van der Waals surface area contributed by atoms with Gasteiger partial charge in [0.25, 0.3) is 5.97 Å². The first kappa shape index (κ1) is 23.4. The number of halogens is 2. The number of aliphatic carboxylic acids is 1. The van der Waals surface area contributed by atoms with E-state index in [4.69, 9.17) is 9.90 Å². The van der Waals surface area contributed by atoms with Gasteiger partial charge in [0.05, 0.1) is 0 Å². The summed E-state index contributed by atoms with van der Waals surface area (Å²) in [6.45, 7) is 3.50. The van der Waals surface area contributed by atoms with Crippen molar-refractivity contribution in [3.63, 3.8) is 0 Å². The molecule has 0 saturated carbocycles. The van der Waals surface area contributed by atoms with Gasteiger partial charge in [0.2, 0.25) is 0 Å². The van der Waals surface area contributed by atoms with E-state index in [0.29, 0.717) is 0 Å². The molecule has 2 nitrogen and oxygen atoms in total. The van der Waals surface area contributed by atoms with Crippen LogP contribution in [0.5, 0.6) is 0 Å².